The molecule has 3 aromatic rings. The van der Waals surface area contributed by atoms with Crippen molar-refractivity contribution in [1.82, 2.24) is 29.2 Å². The molecule has 166 valence electrons. The van der Waals surface area contributed by atoms with Crippen molar-refractivity contribution in [3.63, 3.8) is 0 Å². The summed E-state index contributed by atoms with van der Waals surface area (Å²) in [6, 6.07) is 4.28. The SMILES string of the molecule is CCN1CCN(c2cc(NC34CC3C=Cn3c(-c5cnn(CC)c5)cnc34)ccn2)CC1. The standard InChI is InChI=1S/C24H30N8/c1-3-29-9-11-30(12-10-29)22-13-20(5-7-25-22)28-24-14-19(24)6-8-32-21(16-26-23(24)32)18-15-27-31(4-2)17-18/h5-8,13,15-17,19H,3-4,9-12,14H2,1-2H3,(H,25,28). The van der Waals surface area contributed by atoms with Gasteiger partial charge in [0.2, 0.25) is 0 Å². The predicted molar refractivity (Wildman–Crippen MR) is 126 cm³/mol. The zero-order valence-corrected chi connectivity index (χ0v) is 18.8. The van der Waals surface area contributed by atoms with Crippen LogP contribution in [-0.2, 0) is 12.1 Å². The number of aryl methyl sites for hydroxylation is 1. The van der Waals surface area contributed by atoms with Crippen molar-refractivity contribution in [3.05, 3.63) is 48.8 Å². The molecule has 0 bridgehead atoms. The van der Waals surface area contributed by atoms with Gasteiger partial charge in [-0.15, -0.1) is 0 Å². The molecule has 1 N–H and O–H groups in total. The average molecular weight is 431 g/mol. The Hall–Kier alpha value is -3.13. The molecule has 0 radical (unpaired) electrons. The summed E-state index contributed by atoms with van der Waals surface area (Å²) in [5.41, 5.74) is 3.15. The average Bonchev–Trinajstić information content (AvgIpc) is 3.16. The lowest BCUT2D eigenvalue weighted by atomic mass is 10.1. The normalized spacial score (nSPS) is 24.3. The van der Waals surface area contributed by atoms with Crippen LogP contribution in [-0.4, -0.2) is 61.9 Å². The van der Waals surface area contributed by atoms with Gasteiger partial charge in [-0.05, 0) is 26.0 Å². The van der Waals surface area contributed by atoms with Crippen molar-refractivity contribution in [2.24, 2.45) is 5.92 Å². The van der Waals surface area contributed by atoms with Crippen molar-refractivity contribution < 1.29 is 0 Å². The number of piperazine rings is 1. The van der Waals surface area contributed by atoms with E-state index >= 15 is 0 Å². The third kappa shape index (κ3) is 3.12. The zero-order valence-electron chi connectivity index (χ0n) is 18.8. The molecule has 0 amide bonds. The van der Waals surface area contributed by atoms with Crippen LogP contribution in [0.5, 0.6) is 0 Å². The molecule has 8 heteroatoms. The second-order valence-corrected chi connectivity index (χ2v) is 8.99. The molecule has 6 rings (SSSR count). The summed E-state index contributed by atoms with van der Waals surface area (Å²) in [5, 5.41) is 8.28. The van der Waals surface area contributed by atoms with Crippen molar-refractivity contribution in [1.29, 1.82) is 0 Å². The molecule has 2 fully saturated rings. The number of nitrogens with zero attached hydrogens (tertiary/aromatic N) is 7. The maximum atomic E-state index is 4.87. The third-order valence-corrected chi connectivity index (χ3v) is 7.19. The molecule has 5 heterocycles. The zero-order chi connectivity index (χ0) is 21.7. The summed E-state index contributed by atoms with van der Waals surface area (Å²) in [7, 11) is 0. The Morgan fingerprint density at radius 1 is 1.09 bits per heavy atom. The van der Waals surface area contributed by atoms with E-state index in [2.05, 4.69) is 74.2 Å². The number of imidazole rings is 1. The van der Waals surface area contributed by atoms with Gasteiger partial charge >= 0.3 is 0 Å². The lowest BCUT2D eigenvalue weighted by Crippen LogP contribution is -2.46. The molecule has 32 heavy (non-hydrogen) atoms. The van der Waals surface area contributed by atoms with Crippen LogP contribution in [0, 0.1) is 5.92 Å². The Balaban J connectivity index is 1.26. The first-order valence-electron chi connectivity index (χ1n) is 11.7. The number of nitrogens with one attached hydrogen (secondary N) is 1. The topological polar surface area (TPSA) is 67.0 Å². The summed E-state index contributed by atoms with van der Waals surface area (Å²) in [4.78, 5) is 14.4. The third-order valence-electron chi connectivity index (χ3n) is 7.19. The quantitative estimate of drug-likeness (QED) is 0.648. The van der Waals surface area contributed by atoms with Gasteiger partial charge in [0.05, 0.1) is 18.1 Å². The summed E-state index contributed by atoms with van der Waals surface area (Å²) in [6.45, 7) is 10.6. The fourth-order valence-corrected chi connectivity index (χ4v) is 5.11. The first kappa shape index (κ1) is 19.5. The van der Waals surface area contributed by atoms with E-state index in [0.717, 1.165) is 74.3 Å². The van der Waals surface area contributed by atoms with Gasteiger partial charge in [0.25, 0.3) is 0 Å². The Morgan fingerprint density at radius 2 is 1.97 bits per heavy atom. The Kier molecular flexibility index (Phi) is 4.57. The van der Waals surface area contributed by atoms with Gasteiger partial charge in [0.1, 0.15) is 17.2 Å². The summed E-state index contributed by atoms with van der Waals surface area (Å²) >= 11 is 0. The van der Waals surface area contributed by atoms with Crippen molar-refractivity contribution in [2.45, 2.75) is 32.4 Å². The van der Waals surface area contributed by atoms with Crippen molar-refractivity contribution in [2.75, 3.05) is 42.9 Å². The fourth-order valence-electron chi connectivity index (χ4n) is 5.11. The maximum Gasteiger partial charge on any atom is 0.139 e. The molecule has 2 atom stereocenters. The van der Waals surface area contributed by atoms with Crippen LogP contribution < -0.4 is 10.2 Å². The summed E-state index contributed by atoms with van der Waals surface area (Å²) < 4.78 is 4.17. The molecule has 2 aliphatic heterocycles. The van der Waals surface area contributed by atoms with E-state index in [4.69, 9.17) is 4.98 Å². The molecular formula is C24H30N8. The highest BCUT2D eigenvalue weighted by atomic mass is 15.3. The van der Waals surface area contributed by atoms with Crippen molar-refractivity contribution in [3.8, 4) is 11.3 Å². The van der Waals surface area contributed by atoms with Crippen LogP contribution in [0.15, 0.2) is 43.0 Å². The number of hydrogen-bond acceptors (Lipinski definition) is 6. The van der Waals surface area contributed by atoms with Gasteiger partial charge in [-0.3, -0.25) is 4.68 Å². The van der Waals surface area contributed by atoms with E-state index in [1.165, 1.54) is 0 Å². The van der Waals surface area contributed by atoms with E-state index < -0.39 is 0 Å². The molecule has 1 aliphatic carbocycles. The predicted octanol–water partition coefficient (Wildman–Crippen LogP) is 3.12. The monoisotopic (exact) mass is 430 g/mol. The lowest BCUT2D eigenvalue weighted by molar-refractivity contribution is 0.270. The summed E-state index contributed by atoms with van der Waals surface area (Å²) in [5.74, 6) is 2.61. The van der Waals surface area contributed by atoms with E-state index in [0.29, 0.717) is 5.92 Å². The highest BCUT2D eigenvalue weighted by Crippen LogP contribution is 2.57. The van der Waals surface area contributed by atoms with Crippen LogP contribution in [0.25, 0.3) is 17.5 Å². The van der Waals surface area contributed by atoms with Crippen molar-refractivity contribution >= 4 is 17.7 Å². The van der Waals surface area contributed by atoms with E-state index in [-0.39, 0.29) is 5.54 Å². The van der Waals surface area contributed by atoms with Gasteiger partial charge in [-0.2, -0.15) is 5.10 Å². The Labute approximate surface area is 188 Å². The molecular weight excluding hydrogens is 400 g/mol. The van der Waals surface area contributed by atoms with Gasteiger partial charge < -0.3 is 19.7 Å². The second kappa shape index (κ2) is 7.48. The highest BCUT2D eigenvalue weighted by Gasteiger charge is 2.59. The molecule has 0 spiro atoms. The number of rotatable bonds is 6. The largest absolute Gasteiger partial charge is 0.372 e. The molecule has 1 saturated heterocycles. The van der Waals surface area contributed by atoms with E-state index in [1.807, 2.05) is 23.3 Å². The van der Waals surface area contributed by atoms with Gasteiger partial charge in [-0.25, -0.2) is 9.97 Å². The van der Waals surface area contributed by atoms with Crippen LogP contribution in [0.4, 0.5) is 11.5 Å². The summed E-state index contributed by atoms with van der Waals surface area (Å²) in [6.07, 6.45) is 13.4. The fraction of sp³-hybridized carbons (Fsp3) is 0.458. The minimum atomic E-state index is -0.146. The van der Waals surface area contributed by atoms with Gasteiger partial charge in [0, 0.05) is 74.6 Å². The van der Waals surface area contributed by atoms with E-state index in [1.54, 1.807) is 0 Å². The second-order valence-electron chi connectivity index (χ2n) is 8.99. The van der Waals surface area contributed by atoms with Gasteiger partial charge in [-0.1, -0.05) is 13.0 Å². The first-order chi connectivity index (χ1) is 15.7. The van der Waals surface area contributed by atoms with Crippen LogP contribution in [0.1, 0.15) is 26.1 Å². The first-order valence-corrected chi connectivity index (χ1v) is 11.7. The number of likely N-dealkylation sites (N-methyl/N-ethyl adjacent to an activating group) is 1. The molecule has 3 aromatic heterocycles. The maximum absolute atomic E-state index is 4.87. The Bertz CT molecular complexity index is 1150. The number of anilines is 2. The molecule has 1 saturated carbocycles. The molecule has 2 unspecified atom stereocenters. The van der Waals surface area contributed by atoms with E-state index in [9.17, 15) is 0 Å². The number of fused-ring (bicyclic) bond motifs is 3. The smallest absolute Gasteiger partial charge is 0.139 e. The molecule has 3 aliphatic rings. The molecule has 8 nitrogen and oxygen atoms in total. The number of pyridine rings is 1. The van der Waals surface area contributed by atoms with Crippen LogP contribution >= 0.6 is 0 Å². The minimum Gasteiger partial charge on any atom is -0.372 e. The lowest BCUT2D eigenvalue weighted by Gasteiger charge is -2.35. The Morgan fingerprint density at radius 3 is 2.75 bits per heavy atom. The van der Waals surface area contributed by atoms with Crippen LogP contribution in [0.2, 0.25) is 0 Å². The van der Waals surface area contributed by atoms with Gasteiger partial charge in [0.15, 0.2) is 0 Å². The molecule has 0 aromatic carbocycles. The van der Waals surface area contributed by atoms with Crippen LogP contribution in [0.3, 0.4) is 0 Å². The number of aromatic nitrogens is 5. The highest BCUT2D eigenvalue weighted by molar-refractivity contribution is 5.65. The number of hydrogen-bond donors (Lipinski definition) is 1. The minimum absolute atomic E-state index is 0.146.